The lowest BCUT2D eigenvalue weighted by Crippen LogP contribution is -2.54. The Morgan fingerprint density at radius 2 is 1.82 bits per heavy atom. The molecule has 3 aromatic rings. The Kier molecular flexibility index (Phi) is 5.85. The third-order valence-electron chi connectivity index (χ3n) is 5.10. The number of furan rings is 1. The molecule has 0 unspecified atom stereocenters. The fourth-order valence-electron chi connectivity index (χ4n) is 3.34. The SMILES string of the molecule is CCc1ccc(N2C(=O)NC(=O)/C(=C\c3ccc(-c4ccc(Cl)c(C(=O)O)c4)o3)C2=O)cc1. The molecule has 0 bridgehead atoms. The zero-order valence-corrected chi connectivity index (χ0v) is 18.1. The van der Waals surface area contributed by atoms with Crippen molar-refractivity contribution in [1.29, 1.82) is 0 Å². The van der Waals surface area contributed by atoms with Crippen molar-refractivity contribution >= 4 is 47.2 Å². The summed E-state index contributed by atoms with van der Waals surface area (Å²) < 4.78 is 5.69. The van der Waals surface area contributed by atoms with Crippen molar-refractivity contribution in [3.05, 3.63) is 82.1 Å². The summed E-state index contributed by atoms with van der Waals surface area (Å²) in [5, 5.41) is 11.5. The molecule has 33 heavy (non-hydrogen) atoms. The van der Waals surface area contributed by atoms with Crippen molar-refractivity contribution in [2.45, 2.75) is 13.3 Å². The lowest BCUT2D eigenvalue weighted by Gasteiger charge is -2.26. The van der Waals surface area contributed by atoms with Gasteiger partial charge in [-0.05, 0) is 60.5 Å². The maximum Gasteiger partial charge on any atom is 0.337 e. The van der Waals surface area contributed by atoms with Crippen molar-refractivity contribution in [1.82, 2.24) is 5.32 Å². The summed E-state index contributed by atoms with van der Waals surface area (Å²) >= 11 is 5.90. The van der Waals surface area contributed by atoms with Gasteiger partial charge >= 0.3 is 12.0 Å². The summed E-state index contributed by atoms with van der Waals surface area (Å²) in [5.74, 6) is -2.33. The van der Waals surface area contributed by atoms with Gasteiger partial charge in [-0.2, -0.15) is 0 Å². The molecule has 0 radical (unpaired) electrons. The van der Waals surface area contributed by atoms with Gasteiger partial charge in [-0.15, -0.1) is 0 Å². The minimum atomic E-state index is -1.18. The number of imide groups is 2. The second-order valence-electron chi connectivity index (χ2n) is 7.18. The van der Waals surface area contributed by atoms with Crippen LogP contribution in [-0.4, -0.2) is 28.9 Å². The van der Waals surface area contributed by atoms with E-state index in [9.17, 15) is 24.3 Å². The number of urea groups is 1. The van der Waals surface area contributed by atoms with Gasteiger partial charge in [-0.25, -0.2) is 14.5 Å². The standard InChI is InChI=1S/C24H17ClN2O6/c1-2-13-3-6-15(7-4-13)27-22(29)18(21(28)26-24(27)32)12-16-8-10-20(33-16)14-5-9-19(25)17(11-14)23(30)31/h3-12H,2H2,1H3,(H,30,31)(H,26,28,32)/b18-12+. The summed E-state index contributed by atoms with van der Waals surface area (Å²) in [7, 11) is 0. The number of nitrogens with one attached hydrogen (secondary N) is 1. The molecule has 1 fully saturated rings. The van der Waals surface area contributed by atoms with Crippen molar-refractivity contribution in [3.63, 3.8) is 0 Å². The Balaban J connectivity index is 1.66. The summed E-state index contributed by atoms with van der Waals surface area (Å²) in [6, 6.07) is 13.5. The van der Waals surface area contributed by atoms with Gasteiger partial charge in [0.05, 0.1) is 16.3 Å². The molecule has 2 N–H and O–H groups in total. The summed E-state index contributed by atoms with van der Waals surface area (Å²) in [4.78, 5) is 49.9. The Morgan fingerprint density at radius 3 is 2.48 bits per heavy atom. The molecule has 0 saturated carbocycles. The summed E-state index contributed by atoms with van der Waals surface area (Å²) in [5.41, 5.74) is 1.45. The topological polar surface area (TPSA) is 117 Å². The Hall–Kier alpha value is -4.17. The van der Waals surface area contributed by atoms with Crippen LogP contribution < -0.4 is 10.2 Å². The first kappa shape index (κ1) is 22.0. The van der Waals surface area contributed by atoms with Crippen LogP contribution in [0.5, 0.6) is 0 Å². The molecule has 1 aromatic heterocycles. The van der Waals surface area contributed by atoms with Crippen LogP contribution in [0.4, 0.5) is 10.5 Å². The highest BCUT2D eigenvalue weighted by atomic mass is 35.5. The smallest absolute Gasteiger partial charge is 0.337 e. The van der Waals surface area contributed by atoms with E-state index in [0.717, 1.165) is 16.9 Å². The van der Waals surface area contributed by atoms with E-state index >= 15 is 0 Å². The van der Waals surface area contributed by atoms with Crippen LogP contribution in [0, 0.1) is 0 Å². The number of hydrogen-bond acceptors (Lipinski definition) is 5. The van der Waals surface area contributed by atoms with E-state index in [4.69, 9.17) is 16.0 Å². The Morgan fingerprint density at radius 1 is 1.09 bits per heavy atom. The molecule has 0 spiro atoms. The zero-order chi connectivity index (χ0) is 23.7. The van der Waals surface area contributed by atoms with Crippen LogP contribution in [0.1, 0.15) is 28.6 Å². The van der Waals surface area contributed by atoms with E-state index in [1.165, 1.54) is 24.3 Å². The van der Waals surface area contributed by atoms with Crippen LogP contribution in [0.25, 0.3) is 17.4 Å². The number of amides is 4. The molecule has 166 valence electrons. The Labute approximate surface area is 193 Å². The summed E-state index contributed by atoms with van der Waals surface area (Å²) in [6.45, 7) is 1.98. The lowest BCUT2D eigenvalue weighted by molar-refractivity contribution is -0.122. The predicted octanol–water partition coefficient (Wildman–Crippen LogP) is 4.53. The minimum absolute atomic E-state index is 0.0846. The molecular formula is C24H17ClN2O6. The number of aryl methyl sites for hydroxylation is 1. The van der Waals surface area contributed by atoms with Crippen molar-refractivity contribution in [2.75, 3.05) is 4.90 Å². The van der Waals surface area contributed by atoms with E-state index in [1.54, 1.807) is 36.4 Å². The zero-order valence-electron chi connectivity index (χ0n) is 17.3. The van der Waals surface area contributed by atoms with Gasteiger partial charge in [0.15, 0.2) is 0 Å². The molecule has 1 aliphatic heterocycles. The van der Waals surface area contributed by atoms with E-state index in [2.05, 4.69) is 5.32 Å². The molecule has 9 heteroatoms. The quantitative estimate of drug-likeness (QED) is 0.423. The van der Waals surface area contributed by atoms with E-state index in [0.29, 0.717) is 17.0 Å². The highest BCUT2D eigenvalue weighted by Crippen LogP contribution is 2.29. The third kappa shape index (κ3) is 4.28. The van der Waals surface area contributed by atoms with E-state index in [-0.39, 0.29) is 21.9 Å². The molecule has 4 amide bonds. The predicted molar refractivity (Wildman–Crippen MR) is 121 cm³/mol. The van der Waals surface area contributed by atoms with Gasteiger partial charge in [-0.3, -0.25) is 14.9 Å². The highest BCUT2D eigenvalue weighted by Gasteiger charge is 2.37. The number of carboxylic acids is 1. The number of carbonyl (C=O) groups is 4. The van der Waals surface area contributed by atoms with Gasteiger partial charge in [0.1, 0.15) is 17.1 Å². The number of aromatic carboxylic acids is 1. The second kappa shape index (κ2) is 8.76. The van der Waals surface area contributed by atoms with Gasteiger partial charge in [0, 0.05) is 5.56 Å². The number of anilines is 1. The molecule has 0 aliphatic carbocycles. The number of halogens is 1. The average Bonchev–Trinajstić information content (AvgIpc) is 3.26. The van der Waals surface area contributed by atoms with Crippen molar-refractivity contribution in [2.24, 2.45) is 0 Å². The molecule has 0 atom stereocenters. The number of benzene rings is 2. The first-order valence-corrected chi connectivity index (χ1v) is 10.3. The number of rotatable bonds is 5. The fourth-order valence-corrected chi connectivity index (χ4v) is 3.54. The molecule has 4 rings (SSSR count). The van der Waals surface area contributed by atoms with Crippen molar-refractivity contribution < 1.29 is 28.7 Å². The summed E-state index contributed by atoms with van der Waals surface area (Å²) in [6.07, 6.45) is 2.03. The van der Waals surface area contributed by atoms with Gasteiger partial charge < -0.3 is 9.52 Å². The molecular weight excluding hydrogens is 448 g/mol. The first-order valence-electron chi connectivity index (χ1n) is 9.92. The number of nitrogens with zero attached hydrogens (tertiary/aromatic N) is 1. The van der Waals surface area contributed by atoms with Crippen LogP contribution in [0.3, 0.4) is 0 Å². The number of carbonyl (C=O) groups excluding carboxylic acids is 3. The molecule has 2 heterocycles. The van der Waals surface area contributed by atoms with E-state index < -0.39 is 23.8 Å². The number of barbiturate groups is 1. The second-order valence-corrected chi connectivity index (χ2v) is 7.59. The van der Waals surface area contributed by atoms with Gasteiger partial charge in [0.25, 0.3) is 11.8 Å². The monoisotopic (exact) mass is 464 g/mol. The van der Waals surface area contributed by atoms with Crippen LogP contribution in [0.15, 0.2) is 64.6 Å². The maximum atomic E-state index is 13.0. The van der Waals surface area contributed by atoms with Crippen LogP contribution in [0.2, 0.25) is 5.02 Å². The number of carboxylic acid groups (broad SMARTS) is 1. The van der Waals surface area contributed by atoms with Crippen molar-refractivity contribution in [3.8, 4) is 11.3 Å². The van der Waals surface area contributed by atoms with Gasteiger partial charge in [-0.1, -0.05) is 30.7 Å². The molecule has 1 aliphatic rings. The minimum Gasteiger partial charge on any atom is -0.478 e. The number of hydrogen-bond donors (Lipinski definition) is 2. The lowest BCUT2D eigenvalue weighted by atomic mass is 10.1. The highest BCUT2D eigenvalue weighted by molar-refractivity contribution is 6.39. The third-order valence-corrected chi connectivity index (χ3v) is 5.43. The maximum absolute atomic E-state index is 13.0. The fraction of sp³-hybridized carbons (Fsp3) is 0.0833. The van der Waals surface area contributed by atoms with Gasteiger partial charge in [0.2, 0.25) is 0 Å². The normalized spacial score (nSPS) is 15.2. The Bertz CT molecular complexity index is 1320. The molecule has 8 nitrogen and oxygen atoms in total. The van der Waals surface area contributed by atoms with E-state index in [1.807, 2.05) is 6.92 Å². The molecule has 2 aromatic carbocycles. The largest absolute Gasteiger partial charge is 0.478 e. The first-order chi connectivity index (χ1) is 15.8. The average molecular weight is 465 g/mol. The molecule has 1 saturated heterocycles. The van der Waals surface area contributed by atoms with Crippen LogP contribution >= 0.6 is 11.6 Å². The van der Waals surface area contributed by atoms with Crippen LogP contribution in [-0.2, 0) is 16.0 Å².